The largest absolute Gasteiger partial charge is 0.393 e. The molecule has 1 heterocycles. The van der Waals surface area contributed by atoms with Gasteiger partial charge in [0.2, 0.25) is 0 Å². The van der Waals surface area contributed by atoms with Gasteiger partial charge in [0.25, 0.3) is 0 Å². The second-order valence-electron chi connectivity index (χ2n) is 7.28. The van der Waals surface area contributed by atoms with Gasteiger partial charge in [-0.2, -0.15) is 13.2 Å². The number of hydrogen-bond donors (Lipinski definition) is 2. The van der Waals surface area contributed by atoms with Gasteiger partial charge >= 0.3 is 6.18 Å². The molecule has 2 atom stereocenters. The van der Waals surface area contributed by atoms with Crippen LogP contribution in [-0.4, -0.2) is 54.5 Å². The minimum absolute atomic E-state index is 0.0499. The predicted molar refractivity (Wildman–Crippen MR) is 80.7 cm³/mol. The first-order valence-electron chi connectivity index (χ1n) is 8.49. The minimum atomic E-state index is -4.05. The summed E-state index contributed by atoms with van der Waals surface area (Å²) >= 11 is 0. The third-order valence-corrected chi connectivity index (χ3v) is 5.37. The quantitative estimate of drug-likeness (QED) is 0.817. The predicted octanol–water partition coefficient (Wildman–Crippen LogP) is 2.93. The van der Waals surface area contributed by atoms with E-state index in [2.05, 4.69) is 12.2 Å². The molecule has 0 radical (unpaired) electrons. The Labute approximate surface area is 131 Å². The molecule has 0 amide bonds. The molecule has 0 aromatic rings. The Morgan fingerprint density at radius 1 is 1.18 bits per heavy atom. The number of aliphatic hydroxyl groups is 1. The fourth-order valence-electron chi connectivity index (χ4n) is 3.61. The van der Waals surface area contributed by atoms with Crippen molar-refractivity contribution in [3.8, 4) is 0 Å². The second-order valence-corrected chi connectivity index (χ2v) is 7.28. The van der Waals surface area contributed by atoms with Crippen LogP contribution < -0.4 is 5.32 Å². The number of nitrogens with one attached hydrogen (secondary N) is 1. The minimum Gasteiger partial charge on any atom is -0.393 e. The molecular formula is C16H29F3N2O. The van der Waals surface area contributed by atoms with Crippen molar-refractivity contribution in [1.82, 2.24) is 10.2 Å². The maximum Gasteiger partial charge on any atom is 0.390 e. The Bertz CT molecular complexity index is 343. The smallest absolute Gasteiger partial charge is 0.390 e. The summed E-state index contributed by atoms with van der Waals surface area (Å²) in [6.07, 6.45) is 0.990. The van der Waals surface area contributed by atoms with E-state index in [1.54, 1.807) is 0 Å². The van der Waals surface area contributed by atoms with Gasteiger partial charge < -0.3 is 15.3 Å². The summed E-state index contributed by atoms with van der Waals surface area (Å²) in [6, 6.07) is 0.369. The summed E-state index contributed by atoms with van der Waals surface area (Å²) in [5, 5.41) is 13.7. The maximum atomic E-state index is 12.2. The topological polar surface area (TPSA) is 35.5 Å². The van der Waals surface area contributed by atoms with Gasteiger partial charge in [-0.15, -0.1) is 0 Å². The summed E-state index contributed by atoms with van der Waals surface area (Å²) in [6.45, 7) is 4.52. The van der Waals surface area contributed by atoms with E-state index in [0.717, 1.165) is 51.7 Å². The molecule has 6 heteroatoms. The first-order chi connectivity index (χ1) is 10.3. The molecule has 1 saturated carbocycles. The molecule has 0 bridgehead atoms. The molecule has 0 spiro atoms. The Hall–Kier alpha value is -0.330. The Balaban J connectivity index is 1.67. The van der Waals surface area contributed by atoms with Gasteiger partial charge in [-0.25, -0.2) is 0 Å². The van der Waals surface area contributed by atoms with Crippen LogP contribution in [0.2, 0.25) is 0 Å². The van der Waals surface area contributed by atoms with Gasteiger partial charge in [0.05, 0.1) is 12.5 Å². The highest BCUT2D eigenvalue weighted by atomic mass is 19.4. The van der Waals surface area contributed by atoms with Crippen LogP contribution in [0.25, 0.3) is 0 Å². The third kappa shape index (κ3) is 5.39. The summed E-state index contributed by atoms with van der Waals surface area (Å²) in [5.41, 5.74) is -0.0499. The van der Waals surface area contributed by atoms with Crippen molar-refractivity contribution in [3.63, 3.8) is 0 Å². The standard InChI is InChI=1S/C16H29F3N2O/c1-15(7-3-2-4-14(15)22)12-20-13-5-9-21(10-6-13)11-8-16(17,18)19/h13-14,20,22H,2-12H2,1H3. The van der Waals surface area contributed by atoms with Gasteiger partial charge in [0.15, 0.2) is 0 Å². The molecule has 2 unspecified atom stereocenters. The zero-order valence-corrected chi connectivity index (χ0v) is 13.5. The molecular weight excluding hydrogens is 293 g/mol. The zero-order valence-electron chi connectivity index (χ0n) is 13.5. The van der Waals surface area contributed by atoms with E-state index in [9.17, 15) is 18.3 Å². The van der Waals surface area contributed by atoms with Crippen LogP contribution in [0.4, 0.5) is 13.2 Å². The van der Waals surface area contributed by atoms with Gasteiger partial charge in [-0.05, 0) is 38.8 Å². The van der Waals surface area contributed by atoms with Crippen LogP contribution in [-0.2, 0) is 0 Å². The molecule has 2 rings (SSSR count). The number of halogens is 3. The summed E-state index contributed by atoms with van der Waals surface area (Å²) in [5.74, 6) is 0. The van der Waals surface area contributed by atoms with Crippen LogP contribution in [0.3, 0.4) is 0 Å². The van der Waals surface area contributed by atoms with Gasteiger partial charge in [0, 0.05) is 24.5 Å². The van der Waals surface area contributed by atoms with Crippen LogP contribution >= 0.6 is 0 Å². The Kier molecular flexibility index (Phi) is 6.14. The Morgan fingerprint density at radius 2 is 1.86 bits per heavy atom. The number of likely N-dealkylation sites (tertiary alicyclic amines) is 1. The van der Waals surface area contributed by atoms with E-state index < -0.39 is 12.6 Å². The van der Waals surface area contributed by atoms with Crippen molar-refractivity contribution >= 4 is 0 Å². The van der Waals surface area contributed by atoms with Crippen LogP contribution in [0, 0.1) is 5.41 Å². The van der Waals surface area contributed by atoms with E-state index in [0.29, 0.717) is 6.04 Å². The molecule has 2 fully saturated rings. The number of hydrogen-bond acceptors (Lipinski definition) is 3. The molecule has 0 aromatic heterocycles. The SMILES string of the molecule is CC1(CNC2CCN(CCC(F)(F)F)CC2)CCCCC1O. The van der Waals surface area contributed by atoms with E-state index in [1.807, 2.05) is 4.90 Å². The van der Waals surface area contributed by atoms with Gasteiger partial charge in [-0.1, -0.05) is 19.8 Å². The highest BCUT2D eigenvalue weighted by molar-refractivity contribution is 4.89. The summed E-state index contributed by atoms with van der Waals surface area (Å²) in [7, 11) is 0. The first-order valence-corrected chi connectivity index (χ1v) is 8.49. The molecule has 1 aliphatic heterocycles. The third-order valence-electron chi connectivity index (χ3n) is 5.37. The van der Waals surface area contributed by atoms with Crippen molar-refractivity contribution in [2.75, 3.05) is 26.2 Å². The molecule has 2 aliphatic rings. The summed E-state index contributed by atoms with van der Waals surface area (Å²) < 4.78 is 36.7. The summed E-state index contributed by atoms with van der Waals surface area (Å²) in [4.78, 5) is 1.91. The van der Waals surface area contributed by atoms with E-state index in [4.69, 9.17) is 0 Å². The molecule has 130 valence electrons. The molecule has 1 saturated heterocycles. The average molecular weight is 322 g/mol. The monoisotopic (exact) mass is 322 g/mol. The number of alkyl halides is 3. The molecule has 1 aliphatic carbocycles. The van der Waals surface area contributed by atoms with E-state index >= 15 is 0 Å². The lowest BCUT2D eigenvalue weighted by atomic mass is 9.73. The first kappa shape index (κ1) is 18.0. The van der Waals surface area contributed by atoms with E-state index in [-0.39, 0.29) is 18.1 Å². The zero-order chi connectivity index (χ0) is 16.2. The number of nitrogens with zero attached hydrogens (tertiary/aromatic N) is 1. The van der Waals surface area contributed by atoms with Crippen molar-refractivity contribution in [3.05, 3.63) is 0 Å². The van der Waals surface area contributed by atoms with Crippen LogP contribution in [0.5, 0.6) is 0 Å². The fraction of sp³-hybridized carbons (Fsp3) is 1.00. The molecule has 0 aromatic carbocycles. The van der Waals surface area contributed by atoms with Crippen molar-refractivity contribution < 1.29 is 18.3 Å². The lowest BCUT2D eigenvalue weighted by Gasteiger charge is -2.41. The van der Waals surface area contributed by atoms with Gasteiger partial charge in [0.1, 0.15) is 0 Å². The van der Waals surface area contributed by atoms with Crippen molar-refractivity contribution in [2.45, 2.75) is 70.2 Å². The maximum absolute atomic E-state index is 12.2. The highest BCUT2D eigenvalue weighted by Crippen LogP contribution is 2.35. The number of rotatable bonds is 5. The Morgan fingerprint density at radius 3 is 2.45 bits per heavy atom. The van der Waals surface area contributed by atoms with Gasteiger partial charge in [-0.3, -0.25) is 0 Å². The number of aliphatic hydroxyl groups excluding tert-OH is 1. The lowest BCUT2D eigenvalue weighted by Crippen LogP contribution is -2.49. The average Bonchev–Trinajstić information content (AvgIpc) is 2.47. The van der Waals surface area contributed by atoms with Crippen LogP contribution in [0.1, 0.15) is 51.9 Å². The lowest BCUT2D eigenvalue weighted by molar-refractivity contribution is -0.138. The molecule has 22 heavy (non-hydrogen) atoms. The molecule has 3 nitrogen and oxygen atoms in total. The number of piperidine rings is 1. The highest BCUT2D eigenvalue weighted by Gasteiger charge is 2.36. The normalized spacial score (nSPS) is 32.3. The van der Waals surface area contributed by atoms with Crippen LogP contribution in [0.15, 0.2) is 0 Å². The fourth-order valence-corrected chi connectivity index (χ4v) is 3.61. The van der Waals surface area contributed by atoms with Crippen molar-refractivity contribution in [2.24, 2.45) is 5.41 Å². The second kappa shape index (κ2) is 7.49. The van der Waals surface area contributed by atoms with Crippen molar-refractivity contribution in [1.29, 1.82) is 0 Å². The molecule has 2 N–H and O–H groups in total. The van der Waals surface area contributed by atoms with E-state index in [1.165, 1.54) is 6.42 Å².